The van der Waals surface area contributed by atoms with Gasteiger partial charge in [0.2, 0.25) is 40.1 Å². The summed E-state index contributed by atoms with van der Waals surface area (Å²) in [6, 6.07) is 47.0. The fourth-order valence-electron chi connectivity index (χ4n) is 11.3. The van der Waals surface area contributed by atoms with Gasteiger partial charge in [-0.2, -0.15) is 64.3 Å². The molecule has 1 aliphatic rings. The van der Waals surface area contributed by atoms with Crippen molar-refractivity contribution in [2.75, 3.05) is 36.2 Å². The highest BCUT2D eigenvalue weighted by Crippen LogP contribution is 2.34. The van der Waals surface area contributed by atoms with Gasteiger partial charge in [0.05, 0.1) is 42.4 Å². The number of pyridine rings is 2. The van der Waals surface area contributed by atoms with Gasteiger partial charge < -0.3 is 9.47 Å². The molecule has 0 N–H and O–H groups in total. The SMILES string of the molecule is C#CCOc1cc2cc(c1)CN(S(=O)(=O)c1ccc(C)cc1)[C@H](C)CSCc1cccc(n1)CSC[C@@H](C)N(S(=O)(=O)c1ccc(C)cc1)Cc1cc(cc(OCC#C)c1)CN(S(=O)(=O)c1ccc(C)cc1)[C@H](C)CSCc1cccc(n1)CSC[C@@H](C)N(S(=O)(=O)c1ccc(C)cc1)C2. The lowest BCUT2D eigenvalue weighted by Crippen LogP contribution is -2.40. The van der Waals surface area contributed by atoms with Crippen molar-refractivity contribution in [1.82, 2.24) is 27.2 Å². The van der Waals surface area contributed by atoms with Gasteiger partial charge in [0, 0.05) is 96.4 Å². The topological polar surface area (TPSA) is 194 Å². The Morgan fingerprint density at radius 3 is 0.800 bits per heavy atom. The molecule has 0 aliphatic carbocycles. The molecule has 0 saturated carbocycles. The summed E-state index contributed by atoms with van der Waals surface area (Å²) >= 11 is 6.14. The van der Waals surface area contributed by atoms with E-state index >= 15 is 33.7 Å². The summed E-state index contributed by atoms with van der Waals surface area (Å²) in [7, 11) is -16.6. The Bertz CT molecular complexity index is 4090. The van der Waals surface area contributed by atoms with Crippen LogP contribution in [0.3, 0.4) is 0 Å². The zero-order chi connectivity index (χ0) is 71.8. The van der Waals surface area contributed by atoms with E-state index in [0.717, 1.165) is 45.0 Å². The lowest BCUT2D eigenvalue weighted by atomic mass is 10.1. The molecule has 8 aromatic rings. The minimum Gasteiger partial charge on any atom is -0.481 e. The Labute approximate surface area is 610 Å². The van der Waals surface area contributed by atoms with E-state index in [1.54, 1.807) is 121 Å². The number of nitrogens with zero attached hydrogens (tertiary/aromatic N) is 6. The Hall–Kier alpha value is -6.62. The molecule has 0 amide bonds. The second-order valence-corrected chi connectivity index (χ2v) is 36.8. The molecule has 16 nitrogen and oxygen atoms in total. The number of rotatable bonds is 12. The summed E-state index contributed by atoms with van der Waals surface area (Å²) in [5.74, 6) is 9.03. The van der Waals surface area contributed by atoms with Crippen LogP contribution in [0.5, 0.6) is 11.5 Å². The fourth-order valence-corrected chi connectivity index (χ4v) is 22.2. The van der Waals surface area contributed by atoms with Gasteiger partial charge in [0.15, 0.2) is 0 Å². The number of ether oxygens (including phenoxy) is 2. The summed E-state index contributed by atoms with van der Waals surface area (Å²) < 4.78 is 138. The monoisotopic (exact) mass is 1500 g/mol. The molecule has 0 radical (unpaired) electrons. The van der Waals surface area contributed by atoms with E-state index < -0.39 is 64.3 Å². The highest BCUT2D eigenvalue weighted by atomic mass is 32.2. The van der Waals surface area contributed by atoms with Crippen LogP contribution in [0.25, 0.3) is 0 Å². The summed E-state index contributed by atoms with van der Waals surface area (Å²) in [6.45, 7) is 14.5. The Balaban J connectivity index is 1.08. The maximum absolute atomic E-state index is 15.0. The molecule has 528 valence electrons. The largest absolute Gasteiger partial charge is 0.481 e. The Morgan fingerprint density at radius 2 is 0.590 bits per heavy atom. The first-order valence-corrected chi connectivity index (χ1v) is 43.0. The first-order valence-electron chi connectivity index (χ1n) is 32.7. The number of aromatic nitrogens is 2. The van der Waals surface area contributed by atoms with Gasteiger partial charge in [-0.1, -0.05) is 107 Å². The number of hydrogen-bond donors (Lipinski definition) is 0. The summed E-state index contributed by atoms with van der Waals surface area (Å²) in [4.78, 5) is 10.5. The summed E-state index contributed by atoms with van der Waals surface area (Å²) in [5.41, 5.74) is 8.93. The molecule has 4 atom stereocenters. The van der Waals surface area contributed by atoms with Crippen LogP contribution in [0.15, 0.2) is 189 Å². The number of benzene rings is 6. The van der Waals surface area contributed by atoms with E-state index in [9.17, 15) is 0 Å². The maximum Gasteiger partial charge on any atom is 0.243 e. The molecule has 24 heteroatoms. The quantitative estimate of drug-likeness (QED) is 0.105. The zero-order valence-corrected chi connectivity index (χ0v) is 64.1. The van der Waals surface area contributed by atoms with Crippen molar-refractivity contribution in [2.45, 2.75) is 148 Å². The molecule has 0 fully saturated rings. The lowest BCUT2D eigenvalue weighted by molar-refractivity contribution is 0.341. The summed E-state index contributed by atoms with van der Waals surface area (Å²) in [6.07, 6.45) is 11.5. The molecular weight excluding hydrogens is 1410 g/mol. The van der Waals surface area contributed by atoms with Crippen LogP contribution in [0.4, 0.5) is 0 Å². The molecule has 8 bridgehead atoms. The molecule has 0 saturated heterocycles. The van der Waals surface area contributed by atoms with Crippen LogP contribution >= 0.6 is 47.0 Å². The third kappa shape index (κ3) is 20.8. The standard InChI is InChI=1S/C76H86N6O10S8/c1-11-35-91-71-39-63-37-64(40-71)44-80(98(85,86)74-29-21-56(4)22-30-74)60(8)48-94-52-68-16-14-18-70(78-68)54-96-50-62(10)82(100(89,90)76-33-25-58(6)26-34-76)46-66-38-65(41-72(42-66)92-36-12-2)45-81(99(87,88)75-31-23-57(5)24-32-75)61(9)49-95-53-69-17-13-15-67(77-69)51-93-47-59(7)79(43-63)97(83,84)73-27-19-55(3)20-28-73/h1-2,13-34,37-42,59-62H,35-36,43-54H2,3-10H3/t59-,60-,61-,62-/m1/s1. The van der Waals surface area contributed by atoms with E-state index in [0.29, 0.717) is 79.8 Å². The first-order chi connectivity index (χ1) is 47.7. The van der Waals surface area contributed by atoms with E-state index in [-0.39, 0.29) is 59.0 Å². The molecule has 100 heavy (non-hydrogen) atoms. The molecular formula is C76H86N6O10S8. The van der Waals surface area contributed by atoms with Crippen LogP contribution in [0, 0.1) is 52.4 Å². The van der Waals surface area contributed by atoms with Crippen molar-refractivity contribution in [1.29, 1.82) is 0 Å². The minimum atomic E-state index is -4.16. The van der Waals surface area contributed by atoms with Crippen LogP contribution in [0.2, 0.25) is 0 Å². The third-order valence-corrected chi connectivity index (χ3v) is 29.5. The van der Waals surface area contributed by atoms with Crippen LogP contribution in [-0.4, -0.2) is 121 Å². The zero-order valence-electron chi connectivity index (χ0n) is 57.6. The van der Waals surface area contributed by atoms with Crippen molar-refractivity contribution >= 4 is 87.1 Å². The van der Waals surface area contributed by atoms with E-state index in [1.165, 1.54) is 64.3 Å². The number of fused-ring (bicyclic) bond motifs is 8. The highest BCUT2D eigenvalue weighted by Gasteiger charge is 2.35. The third-order valence-electron chi connectivity index (χ3n) is 16.7. The molecule has 1 aliphatic heterocycles. The first kappa shape index (κ1) is 77.5. The predicted molar refractivity (Wildman–Crippen MR) is 408 cm³/mol. The predicted octanol–water partition coefficient (Wildman–Crippen LogP) is 14.1. The minimum absolute atomic E-state index is 0.0872. The maximum atomic E-state index is 15.0. The molecule has 0 unspecified atom stereocenters. The second-order valence-electron chi connectivity index (χ2n) is 25.1. The molecule has 9 rings (SSSR count). The number of hydrogen-bond acceptors (Lipinski definition) is 16. The van der Waals surface area contributed by atoms with Gasteiger partial charge in [-0.25, -0.2) is 33.7 Å². The van der Waals surface area contributed by atoms with Gasteiger partial charge in [0.1, 0.15) is 24.7 Å². The average molecular weight is 1500 g/mol. The molecule has 2 aromatic heterocycles. The van der Waals surface area contributed by atoms with Crippen molar-refractivity contribution in [2.24, 2.45) is 0 Å². The van der Waals surface area contributed by atoms with Crippen molar-refractivity contribution in [3.8, 4) is 36.2 Å². The van der Waals surface area contributed by atoms with Crippen LogP contribution < -0.4 is 9.47 Å². The smallest absolute Gasteiger partial charge is 0.243 e. The fraction of sp³-hybridized carbons (Fsp3) is 0.342. The normalized spacial score (nSPS) is 18.8. The average Bonchev–Trinajstić information content (AvgIpc) is 0.800. The molecule has 0 spiro atoms. The van der Waals surface area contributed by atoms with E-state index in [4.69, 9.17) is 32.3 Å². The van der Waals surface area contributed by atoms with Gasteiger partial charge in [0.25, 0.3) is 0 Å². The van der Waals surface area contributed by atoms with Crippen molar-refractivity contribution < 1.29 is 43.1 Å². The number of thioether (sulfide) groups is 4. The lowest BCUT2D eigenvalue weighted by Gasteiger charge is -2.30. The van der Waals surface area contributed by atoms with Gasteiger partial charge >= 0.3 is 0 Å². The van der Waals surface area contributed by atoms with Crippen LogP contribution in [-0.2, 0) is 89.3 Å². The number of terminal acetylenes is 2. The Kier molecular flexibility index (Phi) is 27.5. The second kappa shape index (κ2) is 35.5. The van der Waals surface area contributed by atoms with E-state index in [2.05, 4.69) is 11.8 Å². The van der Waals surface area contributed by atoms with Gasteiger partial charge in [-0.05, 0) is 175 Å². The van der Waals surface area contributed by atoms with Crippen LogP contribution in [0.1, 0.15) is 95.0 Å². The van der Waals surface area contributed by atoms with Crippen molar-refractivity contribution in [3.63, 3.8) is 0 Å². The highest BCUT2D eigenvalue weighted by molar-refractivity contribution is 7.99. The molecule has 6 aromatic carbocycles. The Morgan fingerprint density at radius 1 is 0.370 bits per heavy atom. The summed E-state index contributed by atoms with van der Waals surface area (Å²) in [5, 5.41) is 0. The number of sulfonamides is 4. The molecule has 3 heterocycles. The van der Waals surface area contributed by atoms with Crippen molar-refractivity contribution in [3.05, 3.63) is 237 Å². The van der Waals surface area contributed by atoms with Gasteiger partial charge in [-0.3, -0.25) is 9.97 Å². The van der Waals surface area contributed by atoms with E-state index in [1.807, 2.05) is 104 Å². The van der Waals surface area contributed by atoms with Gasteiger partial charge in [-0.15, -0.1) is 12.8 Å². The number of aryl methyl sites for hydroxylation is 4.